The van der Waals surface area contributed by atoms with Crippen molar-refractivity contribution in [3.63, 3.8) is 0 Å². The number of rotatable bonds is 8. The Morgan fingerprint density at radius 1 is 1.23 bits per heavy atom. The summed E-state index contributed by atoms with van der Waals surface area (Å²) in [6, 6.07) is 13.3. The molecule has 1 fully saturated rings. The Morgan fingerprint density at radius 2 is 1.97 bits per heavy atom. The van der Waals surface area contributed by atoms with E-state index in [1.165, 1.54) is 23.9 Å². The summed E-state index contributed by atoms with van der Waals surface area (Å²) in [5, 5.41) is 8.99. The molecule has 6 nitrogen and oxygen atoms in total. The van der Waals surface area contributed by atoms with Crippen LogP contribution in [0.25, 0.3) is 11.4 Å². The Labute approximate surface area is 184 Å². The summed E-state index contributed by atoms with van der Waals surface area (Å²) < 4.78 is 26.3. The van der Waals surface area contributed by atoms with Gasteiger partial charge in [-0.15, -0.1) is 10.2 Å². The molecule has 0 unspecified atom stereocenters. The number of aromatic nitrogens is 3. The number of carbonyl (C=O) groups excluding carboxylic acids is 1. The first-order chi connectivity index (χ1) is 15.0. The van der Waals surface area contributed by atoms with E-state index in [9.17, 15) is 9.18 Å². The van der Waals surface area contributed by atoms with E-state index in [0.29, 0.717) is 28.8 Å². The standard InChI is InChI=1S/C23H24FN3O3S/c1-15(21(28)16-7-11-19(29-2)12-8-16)31-23-26-25-22(17-5-9-18(24)10-6-17)27(23)14-20-4-3-13-30-20/h5-12,15,20H,3-4,13-14H2,1-2H3/t15-,20-/m1/s1. The summed E-state index contributed by atoms with van der Waals surface area (Å²) in [6.07, 6.45) is 2.06. The van der Waals surface area contributed by atoms with Crippen LogP contribution in [0.2, 0.25) is 0 Å². The number of ether oxygens (including phenoxy) is 2. The monoisotopic (exact) mass is 441 g/mol. The molecule has 0 amide bonds. The normalized spacial score (nSPS) is 16.9. The van der Waals surface area contributed by atoms with Gasteiger partial charge in [-0.2, -0.15) is 0 Å². The van der Waals surface area contributed by atoms with E-state index in [1.54, 1.807) is 43.5 Å². The van der Waals surface area contributed by atoms with Crippen LogP contribution >= 0.6 is 11.8 Å². The first-order valence-electron chi connectivity index (χ1n) is 10.2. The van der Waals surface area contributed by atoms with Crippen LogP contribution in [0.3, 0.4) is 0 Å². The second kappa shape index (κ2) is 9.62. The summed E-state index contributed by atoms with van der Waals surface area (Å²) >= 11 is 1.36. The fourth-order valence-electron chi connectivity index (χ4n) is 3.55. The second-order valence-corrected chi connectivity index (χ2v) is 8.72. The fourth-order valence-corrected chi connectivity index (χ4v) is 4.48. The number of carbonyl (C=O) groups is 1. The molecule has 1 aliphatic heterocycles. The molecule has 3 aromatic rings. The van der Waals surface area contributed by atoms with Gasteiger partial charge in [0.15, 0.2) is 16.8 Å². The Hall–Kier alpha value is -2.71. The average molecular weight is 442 g/mol. The lowest BCUT2D eigenvalue weighted by molar-refractivity contribution is 0.0953. The van der Waals surface area contributed by atoms with Crippen LogP contribution < -0.4 is 4.74 Å². The van der Waals surface area contributed by atoms with E-state index in [0.717, 1.165) is 25.0 Å². The smallest absolute Gasteiger partial charge is 0.192 e. The first kappa shape index (κ1) is 21.5. The van der Waals surface area contributed by atoms with Gasteiger partial charge in [0.1, 0.15) is 11.6 Å². The highest BCUT2D eigenvalue weighted by Crippen LogP contribution is 2.30. The molecular weight excluding hydrogens is 417 g/mol. The lowest BCUT2D eigenvalue weighted by Gasteiger charge is -2.16. The van der Waals surface area contributed by atoms with E-state index in [4.69, 9.17) is 9.47 Å². The number of thioether (sulfide) groups is 1. The van der Waals surface area contributed by atoms with Crippen molar-refractivity contribution in [3.8, 4) is 17.1 Å². The molecule has 0 saturated carbocycles. The molecular formula is C23H24FN3O3S. The summed E-state index contributed by atoms with van der Waals surface area (Å²) in [5.41, 5.74) is 1.39. The van der Waals surface area contributed by atoms with Crippen molar-refractivity contribution in [3.05, 3.63) is 59.9 Å². The molecule has 2 aromatic carbocycles. The SMILES string of the molecule is COc1ccc(C(=O)[C@@H](C)Sc2nnc(-c3ccc(F)cc3)n2C[C@H]2CCCO2)cc1. The van der Waals surface area contributed by atoms with Crippen LogP contribution in [0.4, 0.5) is 4.39 Å². The topological polar surface area (TPSA) is 66.2 Å². The minimum Gasteiger partial charge on any atom is -0.497 e. The molecule has 162 valence electrons. The van der Waals surface area contributed by atoms with Crippen molar-refractivity contribution in [2.45, 2.75) is 42.8 Å². The van der Waals surface area contributed by atoms with Crippen molar-refractivity contribution in [2.75, 3.05) is 13.7 Å². The van der Waals surface area contributed by atoms with Crippen LogP contribution in [0.15, 0.2) is 53.7 Å². The van der Waals surface area contributed by atoms with Crippen molar-refractivity contribution in [1.82, 2.24) is 14.8 Å². The number of halogens is 1. The third kappa shape index (κ3) is 4.97. The van der Waals surface area contributed by atoms with E-state index in [1.807, 2.05) is 11.5 Å². The zero-order chi connectivity index (χ0) is 21.8. The second-order valence-electron chi connectivity index (χ2n) is 7.41. The van der Waals surface area contributed by atoms with Gasteiger partial charge in [-0.25, -0.2) is 4.39 Å². The van der Waals surface area contributed by atoms with E-state index < -0.39 is 0 Å². The number of hydrogen-bond donors (Lipinski definition) is 0. The van der Waals surface area contributed by atoms with Crippen LogP contribution in [-0.2, 0) is 11.3 Å². The maximum Gasteiger partial charge on any atom is 0.192 e. The minimum absolute atomic E-state index is 0.00246. The molecule has 1 aliphatic rings. The minimum atomic E-state index is -0.359. The van der Waals surface area contributed by atoms with Gasteiger partial charge < -0.3 is 9.47 Å². The third-order valence-corrected chi connectivity index (χ3v) is 6.34. The number of Topliss-reactive ketones (excluding diaryl/α,β-unsaturated/α-hetero) is 1. The molecule has 0 spiro atoms. The number of benzene rings is 2. The van der Waals surface area contributed by atoms with Crippen LogP contribution in [0, 0.1) is 5.82 Å². The summed E-state index contributed by atoms with van der Waals surface area (Å²) in [7, 11) is 1.59. The average Bonchev–Trinajstić information content (AvgIpc) is 3.45. The van der Waals surface area contributed by atoms with Gasteiger partial charge in [0.25, 0.3) is 0 Å². The fraction of sp³-hybridized carbons (Fsp3) is 0.348. The van der Waals surface area contributed by atoms with E-state index >= 15 is 0 Å². The highest BCUT2D eigenvalue weighted by atomic mass is 32.2. The van der Waals surface area contributed by atoms with Gasteiger partial charge in [0, 0.05) is 17.7 Å². The number of methoxy groups -OCH3 is 1. The maximum absolute atomic E-state index is 13.4. The van der Waals surface area contributed by atoms with Gasteiger partial charge in [0.05, 0.1) is 25.0 Å². The van der Waals surface area contributed by atoms with Crippen LogP contribution in [0.1, 0.15) is 30.1 Å². The molecule has 1 saturated heterocycles. The van der Waals surface area contributed by atoms with Crippen LogP contribution in [-0.4, -0.2) is 45.6 Å². The zero-order valence-electron chi connectivity index (χ0n) is 17.5. The zero-order valence-corrected chi connectivity index (χ0v) is 18.3. The summed E-state index contributed by atoms with van der Waals surface area (Å²) in [4.78, 5) is 12.9. The number of hydrogen-bond acceptors (Lipinski definition) is 6. The van der Waals surface area contributed by atoms with Crippen molar-refractivity contribution >= 4 is 17.5 Å². The predicted molar refractivity (Wildman–Crippen MR) is 117 cm³/mol. The van der Waals surface area contributed by atoms with Gasteiger partial charge in [0.2, 0.25) is 0 Å². The Kier molecular flexibility index (Phi) is 6.67. The Balaban J connectivity index is 1.58. The molecule has 2 heterocycles. The first-order valence-corrected chi connectivity index (χ1v) is 11.1. The maximum atomic E-state index is 13.4. The lowest BCUT2D eigenvalue weighted by Crippen LogP contribution is -2.19. The molecule has 8 heteroatoms. The van der Waals surface area contributed by atoms with Crippen molar-refractivity contribution in [2.24, 2.45) is 0 Å². The van der Waals surface area contributed by atoms with E-state index in [-0.39, 0.29) is 23.0 Å². The van der Waals surface area contributed by atoms with Crippen molar-refractivity contribution < 1.29 is 18.7 Å². The molecule has 1 aromatic heterocycles. The van der Waals surface area contributed by atoms with Crippen LogP contribution in [0.5, 0.6) is 5.75 Å². The van der Waals surface area contributed by atoms with Gasteiger partial charge in [-0.1, -0.05) is 11.8 Å². The number of ketones is 1. The Morgan fingerprint density at radius 3 is 2.61 bits per heavy atom. The molecule has 0 bridgehead atoms. The summed E-state index contributed by atoms with van der Waals surface area (Å²) in [6.45, 7) is 3.19. The highest BCUT2D eigenvalue weighted by Gasteiger charge is 2.25. The lowest BCUT2D eigenvalue weighted by atomic mass is 10.1. The quantitative estimate of drug-likeness (QED) is 0.375. The molecule has 4 rings (SSSR count). The summed E-state index contributed by atoms with van der Waals surface area (Å²) in [5.74, 6) is 1.05. The van der Waals surface area contributed by atoms with E-state index in [2.05, 4.69) is 10.2 Å². The highest BCUT2D eigenvalue weighted by molar-refractivity contribution is 8.00. The molecule has 0 aliphatic carbocycles. The number of nitrogens with zero attached hydrogens (tertiary/aromatic N) is 3. The molecule has 31 heavy (non-hydrogen) atoms. The third-order valence-electron chi connectivity index (χ3n) is 5.26. The molecule has 0 radical (unpaired) electrons. The van der Waals surface area contributed by atoms with Crippen molar-refractivity contribution in [1.29, 1.82) is 0 Å². The Bertz CT molecular complexity index is 1030. The molecule has 0 N–H and O–H groups in total. The van der Waals surface area contributed by atoms with Gasteiger partial charge in [-0.3, -0.25) is 9.36 Å². The predicted octanol–water partition coefficient (Wildman–Crippen LogP) is 4.64. The van der Waals surface area contributed by atoms with Gasteiger partial charge in [-0.05, 0) is 68.3 Å². The van der Waals surface area contributed by atoms with Gasteiger partial charge >= 0.3 is 0 Å². The largest absolute Gasteiger partial charge is 0.497 e. The molecule has 2 atom stereocenters.